The van der Waals surface area contributed by atoms with Crippen LogP contribution in [0, 0.1) is 6.92 Å². The summed E-state index contributed by atoms with van der Waals surface area (Å²) >= 11 is 7.15. The molecule has 0 unspecified atom stereocenters. The molecular weight excluding hydrogens is 322 g/mol. The summed E-state index contributed by atoms with van der Waals surface area (Å²) < 4.78 is 1.57. The average molecular weight is 334 g/mol. The molecule has 6 nitrogen and oxygen atoms in total. The van der Waals surface area contributed by atoms with Gasteiger partial charge in [0.1, 0.15) is 0 Å². The van der Waals surface area contributed by atoms with Crippen molar-refractivity contribution in [3.63, 3.8) is 0 Å². The summed E-state index contributed by atoms with van der Waals surface area (Å²) in [5.41, 5.74) is 1.67. The number of hydrogen-bond acceptors (Lipinski definition) is 5. The van der Waals surface area contributed by atoms with Crippen LogP contribution in [0.25, 0.3) is 5.78 Å². The van der Waals surface area contributed by atoms with E-state index in [1.54, 1.807) is 41.2 Å². The van der Waals surface area contributed by atoms with Crippen molar-refractivity contribution < 1.29 is 4.79 Å². The minimum absolute atomic E-state index is 0.123. The maximum atomic E-state index is 12.0. The van der Waals surface area contributed by atoms with Crippen LogP contribution in [0.15, 0.2) is 41.8 Å². The quantitative estimate of drug-likeness (QED) is 0.743. The van der Waals surface area contributed by atoms with Crippen molar-refractivity contribution >= 4 is 40.7 Å². The van der Waals surface area contributed by atoms with Gasteiger partial charge in [0.05, 0.1) is 5.75 Å². The van der Waals surface area contributed by atoms with Gasteiger partial charge in [0.15, 0.2) is 0 Å². The number of amides is 1. The fourth-order valence-corrected chi connectivity index (χ4v) is 2.71. The monoisotopic (exact) mass is 333 g/mol. The topological polar surface area (TPSA) is 72.2 Å². The number of halogens is 1. The number of aryl methyl sites for hydroxylation is 1. The highest BCUT2D eigenvalue weighted by atomic mass is 35.5. The van der Waals surface area contributed by atoms with E-state index < -0.39 is 0 Å². The van der Waals surface area contributed by atoms with E-state index in [9.17, 15) is 4.79 Å². The minimum atomic E-state index is -0.123. The van der Waals surface area contributed by atoms with Crippen molar-refractivity contribution in [2.75, 3.05) is 11.1 Å². The van der Waals surface area contributed by atoms with Gasteiger partial charge in [-0.05, 0) is 36.8 Å². The molecule has 0 bridgehead atoms. The zero-order valence-corrected chi connectivity index (χ0v) is 13.2. The Kier molecular flexibility index (Phi) is 4.26. The molecule has 0 saturated carbocycles. The standard InChI is InChI=1S/C14H12ClN5OS/c1-9-7-10(15)3-4-11(9)17-12(21)8-22-14-18-13-16-5-2-6-20(13)19-14/h2-7H,8H2,1H3,(H,17,21). The Hall–Kier alpha value is -2.12. The smallest absolute Gasteiger partial charge is 0.253 e. The van der Waals surface area contributed by atoms with Gasteiger partial charge >= 0.3 is 0 Å². The molecule has 8 heteroatoms. The van der Waals surface area contributed by atoms with Gasteiger partial charge in [-0.3, -0.25) is 4.79 Å². The number of benzene rings is 1. The number of nitrogens with one attached hydrogen (secondary N) is 1. The molecule has 22 heavy (non-hydrogen) atoms. The van der Waals surface area contributed by atoms with Gasteiger partial charge in [0, 0.05) is 23.1 Å². The fraction of sp³-hybridized carbons (Fsp3) is 0.143. The molecular formula is C14H12ClN5OS. The van der Waals surface area contributed by atoms with Crippen LogP contribution < -0.4 is 5.32 Å². The Morgan fingerprint density at radius 3 is 3.09 bits per heavy atom. The Morgan fingerprint density at radius 1 is 1.45 bits per heavy atom. The second-order valence-corrected chi connectivity index (χ2v) is 5.93. The van der Waals surface area contributed by atoms with Crippen LogP contribution in [0.5, 0.6) is 0 Å². The molecule has 0 radical (unpaired) electrons. The lowest BCUT2D eigenvalue weighted by Gasteiger charge is -2.07. The number of aromatic nitrogens is 4. The minimum Gasteiger partial charge on any atom is -0.325 e. The van der Waals surface area contributed by atoms with Gasteiger partial charge in [0.2, 0.25) is 11.1 Å². The summed E-state index contributed by atoms with van der Waals surface area (Å²) in [5, 5.41) is 8.23. The molecule has 0 aliphatic rings. The summed E-state index contributed by atoms with van der Waals surface area (Å²) in [6.45, 7) is 1.89. The highest BCUT2D eigenvalue weighted by Gasteiger charge is 2.09. The first-order valence-corrected chi connectivity index (χ1v) is 7.84. The van der Waals surface area contributed by atoms with E-state index in [1.807, 2.05) is 6.92 Å². The summed E-state index contributed by atoms with van der Waals surface area (Å²) in [6, 6.07) is 7.10. The van der Waals surface area contributed by atoms with E-state index in [4.69, 9.17) is 11.6 Å². The van der Waals surface area contributed by atoms with Crippen LogP contribution in [0.3, 0.4) is 0 Å². The maximum absolute atomic E-state index is 12.0. The number of hydrogen-bond donors (Lipinski definition) is 1. The van der Waals surface area contributed by atoms with Crippen LogP contribution in [0.2, 0.25) is 5.02 Å². The van der Waals surface area contributed by atoms with Gasteiger partial charge in [-0.25, -0.2) is 9.50 Å². The summed E-state index contributed by atoms with van der Waals surface area (Å²) in [5.74, 6) is 0.611. The van der Waals surface area contributed by atoms with Crippen molar-refractivity contribution in [3.05, 3.63) is 47.2 Å². The summed E-state index contributed by atoms with van der Waals surface area (Å²) in [6.07, 6.45) is 3.41. The second-order valence-electron chi connectivity index (χ2n) is 4.55. The van der Waals surface area contributed by atoms with E-state index in [1.165, 1.54) is 11.8 Å². The predicted octanol–water partition coefficient (Wildman–Crippen LogP) is 2.82. The fourth-order valence-electron chi connectivity index (χ4n) is 1.86. The second kappa shape index (κ2) is 6.33. The van der Waals surface area contributed by atoms with Crippen molar-refractivity contribution in [2.24, 2.45) is 0 Å². The molecule has 0 saturated heterocycles. The molecule has 0 aliphatic carbocycles. The third-order valence-electron chi connectivity index (χ3n) is 2.89. The van der Waals surface area contributed by atoms with Crippen LogP contribution in [0.4, 0.5) is 5.69 Å². The van der Waals surface area contributed by atoms with E-state index >= 15 is 0 Å². The van der Waals surface area contributed by atoms with Crippen LogP contribution in [0.1, 0.15) is 5.56 Å². The first-order valence-electron chi connectivity index (χ1n) is 6.48. The van der Waals surface area contributed by atoms with Gasteiger partial charge in [-0.2, -0.15) is 4.98 Å². The SMILES string of the molecule is Cc1cc(Cl)ccc1NC(=O)CSc1nc2ncccn2n1. The van der Waals surface area contributed by atoms with Crippen LogP contribution in [-0.2, 0) is 4.79 Å². The molecule has 0 aliphatic heterocycles. The Bertz CT molecular complexity index is 802. The van der Waals surface area contributed by atoms with Crippen molar-refractivity contribution in [1.82, 2.24) is 19.6 Å². The highest BCUT2D eigenvalue weighted by Crippen LogP contribution is 2.20. The Labute approximate surface area is 135 Å². The van der Waals surface area contributed by atoms with Crippen molar-refractivity contribution in [2.45, 2.75) is 12.1 Å². The number of carbonyl (C=O) groups excluding carboxylic acids is 1. The number of carbonyl (C=O) groups is 1. The molecule has 2 aromatic heterocycles. The molecule has 1 N–H and O–H groups in total. The van der Waals surface area contributed by atoms with E-state index in [2.05, 4.69) is 20.4 Å². The molecule has 0 fully saturated rings. The lowest BCUT2D eigenvalue weighted by atomic mass is 10.2. The molecule has 112 valence electrons. The van der Waals surface area contributed by atoms with Gasteiger partial charge in [-0.15, -0.1) is 5.10 Å². The first-order chi connectivity index (χ1) is 10.6. The molecule has 2 heterocycles. The number of fused-ring (bicyclic) bond motifs is 1. The molecule has 1 aromatic carbocycles. The van der Waals surface area contributed by atoms with Gasteiger partial charge in [-0.1, -0.05) is 23.4 Å². The summed E-state index contributed by atoms with van der Waals surface area (Å²) in [7, 11) is 0. The van der Waals surface area contributed by atoms with Gasteiger partial charge in [0.25, 0.3) is 5.78 Å². The number of thioether (sulfide) groups is 1. The predicted molar refractivity (Wildman–Crippen MR) is 86.3 cm³/mol. The third kappa shape index (κ3) is 3.37. The van der Waals surface area contributed by atoms with Gasteiger partial charge < -0.3 is 5.32 Å². The lowest BCUT2D eigenvalue weighted by Crippen LogP contribution is -2.14. The molecule has 3 aromatic rings. The molecule has 1 amide bonds. The largest absolute Gasteiger partial charge is 0.325 e. The number of rotatable bonds is 4. The summed E-state index contributed by atoms with van der Waals surface area (Å²) in [4.78, 5) is 20.3. The van der Waals surface area contributed by atoms with Crippen molar-refractivity contribution in [3.8, 4) is 0 Å². The zero-order chi connectivity index (χ0) is 15.5. The van der Waals surface area contributed by atoms with Crippen LogP contribution >= 0.6 is 23.4 Å². The average Bonchev–Trinajstić information content (AvgIpc) is 2.91. The van der Waals surface area contributed by atoms with Crippen molar-refractivity contribution in [1.29, 1.82) is 0 Å². The van der Waals surface area contributed by atoms with E-state index in [0.717, 1.165) is 11.3 Å². The number of nitrogens with zero attached hydrogens (tertiary/aromatic N) is 4. The number of anilines is 1. The van der Waals surface area contributed by atoms with E-state index in [-0.39, 0.29) is 11.7 Å². The normalized spacial score (nSPS) is 10.8. The molecule has 0 spiro atoms. The zero-order valence-electron chi connectivity index (χ0n) is 11.7. The first kappa shape index (κ1) is 14.8. The highest BCUT2D eigenvalue weighted by molar-refractivity contribution is 7.99. The Balaban J connectivity index is 1.62. The lowest BCUT2D eigenvalue weighted by molar-refractivity contribution is -0.113. The third-order valence-corrected chi connectivity index (χ3v) is 3.96. The molecule has 3 rings (SSSR count). The molecule has 0 atom stereocenters. The Morgan fingerprint density at radius 2 is 2.32 bits per heavy atom. The maximum Gasteiger partial charge on any atom is 0.253 e. The van der Waals surface area contributed by atoms with Crippen LogP contribution in [-0.4, -0.2) is 31.2 Å². The van der Waals surface area contributed by atoms with E-state index in [0.29, 0.717) is 16.0 Å².